The van der Waals surface area contributed by atoms with Gasteiger partial charge in [0.25, 0.3) is 11.8 Å². The summed E-state index contributed by atoms with van der Waals surface area (Å²) in [6, 6.07) is 13.9. The minimum atomic E-state index is -0.260. The van der Waals surface area contributed by atoms with Crippen LogP contribution in [0.1, 0.15) is 41.0 Å². The van der Waals surface area contributed by atoms with Crippen molar-refractivity contribution in [2.45, 2.75) is 26.3 Å². The second-order valence-corrected chi connectivity index (χ2v) is 5.51. The van der Waals surface area contributed by atoms with Crippen LogP contribution >= 0.6 is 0 Å². The molecule has 0 fully saturated rings. The molecule has 0 saturated heterocycles. The number of benzene rings is 2. The zero-order valence-electron chi connectivity index (χ0n) is 14.1. The summed E-state index contributed by atoms with van der Waals surface area (Å²) in [5, 5.41) is 5.70. The van der Waals surface area contributed by atoms with E-state index in [0.717, 1.165) is 6.42 Å². The van der Waals surface area contributed by atoms with Crippen molar-refractivity contribution in [1.29, 1.82) is 0 Å². The lowest BCUT2D eigenvalue weighted by molar-refractivity contribution is 0.0938. The van der Waals surface area contributed by atoms with Crippen molar-refractivity contribution < 1.29 is 14.3 Å². The average Bonchev–Trinajstić information content (AvgIpc) is 2.61. The lowest BCUT2D eigenvalue weighted by Gasteiger charge is -2.12. The van der Waals surface area contributed by atoms with Gasteiger partial charge < -0.3 is 15.4 Å². The molecule has 0 bridgehead atoms. The lowest BCUT2D eigenvalue weighted by Crippen LogP contribution is -2.31. The minimum absolute atomic E-state index is 0.119. The molecule has 0 aliphatic carbocycles. The van der Waals surface area contributed by atoms with Crippen LogP contribution in [-0.2, 0) is 0 Å². The van der Waals surface area contributed by atoms with Gasteiger partial charge >= 0.3 is 0 Å². The van der Waals surface area contributed by atoms with E-state index in [0.29, 0.717) is 22.6 Å². The van der Waals surface area contributed by atoms with Crippen LogP contribution in [-0.4, -0.2) is 25.0 Å². The summed E-state index contributed by atoms with van der Waals surface area (Å²) in [6.45, 7) is 3.97. The molecule has 2 rings (SSSR count). The molecule has 126 valence electrons. The van der Waals surface area contributed by atoms with Crippen LogP contribution in [0.3, 0.4) is 0 Å². The summed E-state index contributed by atoms with van der Waals surface area (Å²) in [5.74, 6) is 0.135. The quantitative estimate of drug-likeness (QED) is 0.854. The Morgan fingerprint density at radius 3 is 2.33 bits per heavy atom. The minimum Gasteiger partial charge on any atom is -0.496 e. The summed E-state index contributed by atoms with van der Waals surface area (Å²) >= 11 is 0. The van der Waals surface area contributed by atoms with E-state index in [9.17, 15) is 9.59 Å². The van der Waals surface area contributed by atoms with Gasteiger partial charge in [0, 0.05) is 17.3 Å². The summed E-state index contributed by atoms with van der Waals surface area (Å²) in [7, 11) is 1.52. The third-order valence-corrected chi connectivity index (χ3v) is 3.75. The fraction of sp³-hybridized carbons (Fsp3) is 0.263. The van der Waals surface area contributed by atoms with Crippen LogP contribution in [0.25, 0.3) is 0 Å². The van der Waals surface area contributed by atoms with Crippen molar-refractivity contribution in [2.75, 3.05) is 12.4 Å². The summed E-state index contributed by atoms with van der Waals surface area (Å²) in [6.07, 6.45) is 0.874. The largest absolute Gasteiger partial charge is 0.496 e. The second kappa shape index (κ2) is 8.15. The van der Waals surface area contributed by atoms with E-state index >= 15 is 0 Å². The fourth-order valence-corrected chi connectivity index (χ4v) is 2.14. The highest BCUT2D eigenvalue weighted by Gasteiger charge is 2.12. The molecule has 0 saturated carbocycles. The highest BCUT2D eigenvalue weighted by Crippen LogP contribution is 2.19. The van der Waals surface area contributed by atoms with Gasteiger partial charge in [-0.2, -0.15) is 0 Å². The zero-order chi connectivity index (χ0) is 17.5. The normalized spacial score (nSPS) is 11.5. The Labute approximate surface area is 142 Å². The first-order chi connectivity index (χ1) is 11.5. The third kappa shape index (κ3) is 4.35. The Hall–Kier alpha value is -2.82. The Balaban J connectivity index is 2.06. The number of rotatable bonds is 6. The fourth-order valence-electron chi connectivity index (χ4n) is 2.14. The molecule has 0 aliphatic rings. The van der Waals surface area contributed by atoms with Crippen molar-refractivity contribution >= 4 is 17.5 Å². The molecule has 2 aromatic rings. The maximum Gasteiger partial charge on any atom is 0.259 e. The molecule has 0 unspecified atom stereocenters. The van der Waals surface area contributed by atoms with Gasteiger partial charge in [-0.15, -0.1) is 0 Å². The van der Waals surface area contributed by atoms with E-state index in [1.165, 1.54) is 7.11 Å². The standard InChI is InChI=1S/C19H22N2O3/c1-4-13(2)20-18(22)14-9-11-15(12-10-14)21-19(23)16-7-5-6-8-17(16)24-3/h5-13H,4H2,1-3H3,(H,20,22)(H,21,23)/t13-/m1/s1. The van der Waals surface area contributed by atoms with Crippen molar-refractivity contribution in [1.82, 2.24) is 5.32 Å². The van der Waals surface area contributed by atoms with E-state index in [2.05, 4.69) is 10.6 Å². The molecule has 24 heavy (non-hydrogen) atoms. The molecular formula is C19H22N2O3. The van der Waals surface area contributed by atoms with Crippen molar-refractivity contribution in [3.05, 3.63) is 59.7 Å². The van der Waals surface area contributed by atoms with E-state index in [1.807, 2.05) is 13.8 Å². The SMILES string of the molecule is CC[C@@H](C)NC(=O)c1ccc(NC(=O)c2ccccc2OC)cc1. The Bertz CT molecular complexity index is 711. The molecule has 1 atom stereocenters. The first kappa shape index (κ1) is 17.5. The Kier molecular flexibility index (Phi) is 5.95. The number of methoxy groups -OCH3 is 1. The highest BCUT2D eigenvalue weighted by molar-refractivity contribution is 6.06. The topological polar surface area (TPSA) is 67.4 Å². The number of ether oxygens (including phenoxy) is 1. The van der Waals surface area contributed by atoms with Crippen LogP contribution in [0, 0.1) is 0 Å². The van der Waals surface area contributed by atoms with E-state index in [-0.39, 0.29) is 17.9 Å². The predicted molar refractivity (Wildman–Crippen MR) is 94.6 cm³/mol. The van der Waals surface area contributed by atoms with Gasteiger partial charge in [-0.05, 0) is 49.7 Å². The number of hydrogen-bond donors (Lipinski definition) is 2. The molecule has 0 aromatic heterocycles. The van der Waals surface area contributed by atoms with Gasteiger partial charge in [0.05, 0.1) is 12.7 Å². The maximum atomic E-state index is 12.3. The molecule has 5 nitrogen and oxygen atoms in total. The Morgan fingerprint density at radius 2 is 1.71 bits per heavy atom. The number of anilines is 1. The molecule has 0 aliphatic heterocycles. The van der Waals surface area contributed by atoms with Crippen LogP contribution in [0.5, 0.6) is 5.75 Å². The highest BCUT2D eigenvalue weighted by atomic mass is 16.5. The lowest BCUT2D eigenvalue weighted by atomic mass is 10.1. The number of para-hydroxylation sites is 1. The van der Waals surface area contributed by atoms with Gasteiger partial charge in [0.1, 0.15) is 5.75 Å². The number of nitrogens with one attached hydrogen (secondary N) is 2. The molecule has 0 radical (unpaired) electrons. The van der Waals surface area contributed by atoms with Gasteiger partial charge in [-0.1, -0.05) is 19.1 Å². The van der Waals surface area contributed by atoms with Crippen LogP contribution in [0.15, 0.2) is 48.5 Å². The number of amides is 2. The first-order valence-electron chi connectivity index (χ1n) is 7.90. The summed E-state index contributed by atoms with van der Waals surface area (Å²) < 4.78 is 5.19. The van der Waals surface area contributed by atoms with Gasteiger partial charge in [-0.25, -0.2) is 0 Å². The number of carbonyl (C=O) groups excluding carboxylic acids is 2. The van der Waals surface area contributed by atoms with Gasteiger partial charge in [0.15, 0.2) is 0 Å². The number of carbonyl (C=O) groups is 2. The molecule has 0 heterocycles. The van der Waals surface area contributed by atoms with Crippen LogP contribution < -0.4 is 15.4 Å². The number of hydrogen-bond acceptors (Lipinski definition) is 3. The summed E-state index contributed by atoms with van der Waals surface area (Å²) in [5.41, 5.74) is 1.63. The maximum absolute atomic E-state index is 12.3. The van der Waals surface area contributed by atoms with Crippen molar-refractivity contribution in [3.8, 4) is 5.75 Å². The van der Waals surface area contributed by atoms with E-state index < -0.39 is 0 Å². The van der Waals surface area contributed by atoms with Gasteiger partial charge in [-0.3, -0.25) is 9.59 Å². The van der Waals surface area contributed by atoms with Crippen molar-refractivity contribution in [3.63, 3.8) is 0 Å². The van der Waals surface area contributed by atoms with Crippen LogP contribution in [0.4, 0.5) is 5.69 Å². The molecule has 2 amide bonds. The van der Waals surface area contributed by atoms with Crippen molar-refractivity contribution in [2.24, 2.45) is 0 Å². The smallest absolute Gasteiger partial charge is 0.259 e. The van der Waals surface area contributed by atoms with Crippen LogP contribution in [0.2, 0.25) is 0 Å². The van der Waals surface area contributed by atoms with E-state index in [1.54, 1.807) is 48.5 Å². The zero-order valence-corrected chi connectivity index (χ0v) is 14.1. The molecule has 0 spiro atoms. The molecule has 2 N–H and O–H groups in total. The van der Waals surface area contributed by atoms with E-state index in [4.69, 9.17) is 4.74 Å². The Morgan fingerprint density at radius 1 is 1.04 bits per heavy atom. The third-order valence-electron chi connectivity index (χ3n) is 3.75. The second-order valence-electron chi connectivity index (χ2n) is 5.51. The monoisotopic (exact) mass is 326 g/mol. The first-order valence-corrected chi connectivity index (χ1v) is 7.90. The average molecular weight is 326 g/mol. The molecule has 2 aromatic carbocycles. The summed E-state index contributed by atoms with van der Waals surface area (Å²) in [4.78, 5) is 24.4. The predicted octanol–water partition coefficient (Wildman–Crippen LogP) is 3.48. The van der Waals surface area contributed by atoms with Gasteiger partial charge in [0.2, 0.25) is 0 Å². The molecule has 5 heteroatoms. The molecular weight excluding hydrogens is 304 g/mol.